The number of urea groups is 1. The van der Waals surface area contributed by atoms with Crippen LogP contribution < -0.4 is 10.2 Å². The predicted molar refractivity (Wildman–Crippen MR) is 68.9 cm³/mol. The van der Waals surface area contributed by atoms with Crippen molar-refractivity contribution >= 4 is 27.6 Å². The second-order valence-electron chi connectivity index (χ2n) is 3.86. The molecule has 16 heavy (non-hydrogen) atoms. The number of halogens is 1. The van der Waals surface area contributed by atoms with Crippen LogP contribution in [-0.2, 0) is 6.42 Å². The summed E-state index contributed by atoms with van der Waals surface area (Å²) in [5.41, 5.74) is 2.23. The Bertz CT molecular complexity index is 406. The standard InChI is InChI=1S/C12H15BrN2O/c1-2-9-8-10(13)4-5-11(9)15-7-3-6-14-12(15)16/h4-5,8H,2-3,6-7H2,1H3,(H,14,16). The minimum Gasteiger partial charge on any atom is -0.338 e. The maximum absolute atomic E-state index is 11.8. The van der Waals surface area contributed by atoms with Gasteiger partial charge < -0.3 is 5.32 Å². The van der Waals surface area contributed by atoms with Crippen LogP contribution in [0.5, 0.6) is 0 Å². The summed E-state index contributed by atoms with van der Waals surface area (Å²) < 4.78 is 1.06. The van der Waals surface area contributed by atoms with Crippen LogP contribution in [0.4, 0.5) is 10.5 Å². The summed E-state index contributed by atoms with van der Waals surface area (Å²) in [6.07, 6.45) is 1.93. The number of carbonyl (C=O) groups is 1. The van der Waals surface area contributed by atoms with Crippen LogP contribution in [0.15, 0.2) is 22.7 Å². The van der Waals surface area contributed by atoms with Gasteiger partial charge in [-0.25, -0.2) is 4.79 Å². The molecule has 3 nitrogen and oxygen atoms in total. The van der Waals surface area contributed by atoms with E-state index in [0.717, 1.165) is 36.1 Å². The quantitative estimate of drug-likeness (QED) is 0.889. The number of nitrogens with one attached hydrogen (secondary N) is 1. The number of benzene rings is 1. The molecule has 1 N–H and O–H groups in total. The van der Waals surface area contributed by atoms with Crippen molar-refractivity contribution in [3.63, 3.8) is 0 Å². The highest BCUT2D eigenvalue weighted by molar-refractivity contribution is 9.10. The Morgan fingerprint density at radius 3 is 3.00 bits per heavy atom. The van der Waals surface area contributed by atoms with Gasteiger partial charge in [-0.3, -0.25) is 4.90 Å². The number of anilines is 1. The number of rotatable bonds is 2. The Morgan fingerprint density at radius 1 is 1.50 bits per heavy atom. The molecular formula is C12H15BrN2O. The molecule has 1 saturated heterocycles. The van der Waals surface area contributed by atoms with Gasteiger partial charge in [0.1, 0.15) is 0 Å². The first-order valence-electron chi connectivity index (χ1n) is 5.56. The zero-order valence-corrected chi connectivity index (χ0v) is 10.9. The van der Waals surface area contributed by atoms with Crippen molar-refractivity contribution in [3.8, 4) is 0 Å². The molecule has 2 amide bonds. The number of hydrogen-bond acceptors (Lipinski definition) is 1. The first kappa shape index (κ1) is 11.5. The number of carbonyl (C=O) groups excluding carboxylic acids is 1. The largest absolute Gasteiger partial charge is 0.338 e. The third kappa shape index (κ3) is 2.21. The third-order valence-electron chi connectivity index (χ3n) is 2.79. The third-order valence-corrected chi connectivity index (χ3v) is 3.29. The molecule has 1 aromatic rings. The summed E-state index contributed by atoms with van der Waals surface area (Å²) in [6.45, 7) is 3.70. The molecule has 0 spiro atoms. The van der Waals surface area contributed by atoms with Gasteiger partial charge in [0.25, 0.3) is 0 Å². The molecule has 1 aliphatic rings. The predicted octanol–water partition coefficient (Wildman–Crippen LogP) is 2.93. The van der Waals surface area contributed by atoms with Gasteiger partial charge in [0, 0.05) is 23.2 Å². The van der Waals surface area contributed by atoms with Gasteiger partial charge in [0.05, 0.1) is 0 Å². The van der Waals surface area contributed by atoms with E-state index in [0.29, 0.717) is 0 Å². The molecule has 0 bridgehead atoms. The van der Waals surface area contributed by atoms with Gasteiger partial charge in [-0.2, -0.15) is 0 Å². The maximum Gasteiger partial charge on any atom is 0.321 e. The van der Waals surface area contributed by atoms with Gasteiger partial charge >= 0.3 is 6.03 Å². The van der Waals surface area contributed by atoms with Crippen molar-refractivity contribution in [2.75, 3.05) is 18.0 Å². The Labute approximate surface area is 104 Å². The van der Waals surface area contributed by atoms with E-state index < -0.39 is 0 Å². The maximum atomic E-state index is 11.8. The van der Waals surface area contributed by atoms with Crippen LogP contribution in [0.1, 0.15) is 18.9 Å². The Balaban J connectivity index is 2.34. The lowest BCUT2D eigenvalue weighted by Crippen LogP contribution is -2.46. The molecule has 0 unspecified atom stereocenters. The minimum atomic E-state index is 0.0169. The lowest BCUT2D eigenvalue weighted by molar-refractivity contribution is 0.243. The zero-order valence-electron chi connectivity index (χ0n) is 9.29. The summed E-state index contributed by atoms with van der Waals surface area (Å²) in [5.74, 6) is 0. The molecule has 0 saturated carbocycles. The van der Waals surface area contributed by atoms with Crippen LogP contribution in [0.25, 0.3) is 0 Å². The van der Waals surface area contributed by atoms with Gasteiger partial charge in [-0.15, -0.1) is 0 Å². The van der Waals surface area contributed by atoms with Crippen molar-refractivity contribution in [1.82, 2.24) is 5.32 Å². The second kappa shape index (κ2) is 4.87. The monoisotopic (exact) mass is 282 g/mol. The molecule has 0 radical (unpaired) electrons. The average Bonchev–Trinajstić information content (AvgIpc) is 2.30. The van der Waals surface area contributed by atoms with Crippen molar-refractivity contribution in [3.05, 3.63) is 28.2 Å². The Morgan fingerprint density at radius 2 is 2.31 bits per heavy atom. The van der Waals surface area contributed by atoms with Crippen molar-refractivity contribution < 1.29 is 4.79 Å². The molecule has 0 atom stereocenters. The number of aryl methyl sites for hydroxylation is 1. The molecule has 0 aliphatic carbocycles. The first-order chi connectivity index (χ1) is 7.72. The molecule has 86 valence electrons. The molecule has 1 heterocycles. The minimum absolute atomic E-state index is 0.0169. The number of nitrogens with zero attached hydrogens (tertiary/aromatic N) is 1. The highest BCUT2D eigenvalue weighted by atomic mass is 79.9. The smallest absolute Gasteiger partial charge is 0.321 e. The number of amides is 2. The normalized spacial score (nSPS) is 16.1. The molecule has 2 rings (SSSR count). The van der Waals surface area contributed by atoms with Crippen molar-refractivity contribution in [2.24, 2.45) is 0 Å². The van der Waals surface area contributed by atoms with E-state index in [-0.39, 0.29) is 6.03 Å². The van der Waals surface area contributed by atoms with Crippen LogP contribution in [0.3, 0.4) is 0 Å². The highest BCUT2D eigenvalue weighted by Crippen LogP contribution is 2.26. The average molecular weight is 283 g/mol. The van der Waals surface area contributed by atoms with E-state index in [4.69, 9.17) is 0 Å². The summed E-state index contributed by atoms with van der Waals surface area (Å²) in [7, 11) is 0. The molecule has 1 aromatic carbocycles. The molecular weight excluding hydrogens is 268 g/mol. The van der Waals surface area contributed by atoms with E-state index in [1.807, 2.05) is 17.0 Å². The van der Waals surface area contributed by atoms with Crippen LogP contribution in [-0.4, -0.2) is 19.1 Å². The lowest BCUT2D eigenvalue weighted by atomic mass is 10.1. The summed E-state index contributed by atoms with van der Waals surface area (Å²) in [5, 5.41) is 2.87. The Kier molecular flexibility index (Phi) is 3.49. The first-order valence-corrected chi connectivity index (χ1v) is 6.35. The molecule has 1 fully saturated rings. The van der Waals surface area contributed by atoms with Crippen molar-refractivity contribution in [2.45, 2.75) is 19.8 Å². The van der Waals surface area contributed by atoms with Crippen molar-refractivity contribution in [1.29, 1.82) is 0 Å². The molecule has 0 aromatic heterocycles. The lowest BCUT2D eigenvalue weighted by Gasteiger charge is -2.29. The topological polar surface area (TPSA) is 32.3 Å². The summed E-state index contributed by atoms with van der Waals surface area (Å²) in [6, 6.07) is 6.09. The van der Waals surface area contributed by atoms with Gasteiger partial charge in [-0.1, -0.05) is 22.9 Å². The fourth-order valence-electron chi connectivity index (χ4n) is 1.96. The summed E-state index contributed by atoms with van der Waals surface area (Å²) in [4.78, 5) is 13.6. The van der Waals surface area contributed by atoms with E-state index in [9.17, 15) is 4.79 Å². The fourth-order valence-corrected chi connectivity index (χ4v) is 2.37. The van der Waals surface area contributed by atoms with Crippen LogP contribution >= 0.6 is 15.9 Å². The van der Waals surface area contributed by atoms with E-state index in [1.165, 1.54) is 5.56 Å². The molecule has 4 heteroatoms. The van der Waals surface area contributed by atoms with Gasteiger partial charge in [0.15, 0.2) is 0 Å². The second-order valence-corrected chi connectivity index (χ2v) is 4.78. The van der Waals surface area contributed by atoms with Crippen LogP contribution in [0, 0.1) is 0 Å². The highest BCUT2D eigenvalue weighted by Gasteiger charge is 2.20. The van der Waals surface area contributed by atoms with E-state index in [1.54, 1.807) is 0 Å². The molecule has 1 aliphatic heterocycles. The zero-order chi connectivity index (χ0) is 11.5. The van der Waals surface area contributed by atoms with E-state index in [2.05, 4.69) is 34.2 Å². The van der Waals surface area contributed by atoms with Crippen LogP contribution in [0.2, 0.25) is 0 Å². The van der Waals surface area contributed by atoms with Gasteiger partial charge in [0.2, 0.25) is 0 Å². The van der Waals surface area contributed by atoms with E-state index >= 15 is 0 Å². The fraction of sp³-hybridized carbons (Fsp3) is 0.417. The Hall–Kier alpha value is -1.03. The van der Waals surface area contributed by atoms with Gasteiger partial charge in [-0.05, 0) is 36.6 Å². The number of hydrogen-bond donors (Lipinski definition) is 1. The summed E-state index contributed by atoms with van der Waals surface area (Å²) >= 11 is 3.46. The SMILES string of the molecule is CCc1cc(Br)ccc1N1CCCNC1=O.